The van der Waals surface area contributed by atoms with Crippen molar-refractivity contribution in [3.05, 3.63) is 121 Å². The summed E-state index contributed by atoms with van der Waals surface area (Å²) < 4.78 is 2.24. The van der Waals surface area contributed by atoms with E-state index in [4.69, 9.17) is 5.10 Å². The van der Waals surface area contributed by atoms with E-state index in [2.05, 4.69) is 152 Å². The molecule has 216 valence electrons. The fourth-order valence-corrected chi connectivity index (χ4v) is 7.84. The first-order valence-corrected chi connectivity index (χ1v) is 16.0. The van der Waals surface area contributed by atoms with E-state index in [-0.39, 0.29) is 5.41 Å². The number of pyridine rings is 1. The maximum atomic E-state index is 5.35. The highest BCUT2D eigenvalue weighted by Gasteiger charge is 2.34. The number of hydrogen-bond acceptors (Lipinski definition) is 1. The number of aromatic amines is 1. The largest absolute Gasteiger partial charge is 0.355 e. The van der Waals surface area contributed by atoms with Crippen molar-refractivity contribution in [3.63, 3.8) is 0 Å². The van der Waals surface area contributed by atoms with Gasteiger partial charge in [0.1, 0.15) is 0 Å². The number of hydrogen-bond donors (Lipinski definition) is 1. The van der Waals surface area contributed by atoms with E-state index in [1.54, 1.807) is 0 Å². The third-order valence-corrected chi connectivity index (χ3v) is 10.4. The summed E-state index contributed by atoms with van der Waals surface area (Å²) in [4.78, 5) is 3.54. The van der Waals surface area contributed by atoms with Gasteiger partial charge in [-0.25, -0.2) is 4.52 Å². The van der Waals surface area contributed by atoms with Crippen molar-refractivity contribution in [2.75, 3.05) is 0 Å². The summed E-state index contributed by atoms with van der Waals surface area (Å²) >= 11 is 0. The second-order valence-corrected chi connectivity index (χ2v) is 12.6. The lowest BCUT2D eigenvalue weighted by atomic mass is 9.67. The summed E-state index contributed by atoms with van der Waals surface area (Å²) in [5, 5.41) is 11.7. The Hall–Kier alpha value is -4.89. The van der Waals surface area contributed by atoms with Crippen LogP contribution in [0.25, 0.3) is 71.4 Å². The first kappa shape index (κ1) is 26.7. The molecule has 8 rings (SSSR count). The van der Waals surface area contributed by atoms with Crippen molar-refractivity contribution in [3.8, 4) is 22.4 Å². The van der Waals surface area contributed by atoms with Gasteiger partial charge in [-0.15, -0.1) is 0 Å². The third kappa shape index (κ3) is 3.85. The number of benzene rings is 5. The molecule has 5 aromatic carbocycles. The van der Waals surface area contributed by atoms with Crippen molar-refractivity contribution >= 4 is 49.0 Å². The molecule has 0 aliphatic heterocycles. The Morgan fingerprint density at radius 2 is 1.25 bits per heavy atom. The minimum absolute atomic E-state index is 0.0779. The molecule has 0 amide bonds. The zero-order valence-corrected chi connectivity index (χ0v) is 25.9. The molecule has 3 aromatic heterocycles. The average molecular weight is 572 g/mol. The van der Waals surface area contributed by atoms with Crippen LogP contribution in [0.1, 0.15) is 46.1 Å². The second-order valence-electron chi connectivity index (χ2n) is 12.6. The third-order valence-electron chi connectivity index (χ3n) is 10.4. The van der Waals surface area contributed by atoms with Crippen molar-refractivity contribution in [2.24, 2.45) is 5.92 Å². The molecule has 0 aliphatic carbocycles. The van der Waals surface area contributed by atoms with E-state index in [0.717, 1.165) is 29.6 Å². The van der Waals surface area contributed by atoms with Crippen LogP contribution in [0.5, 0.6) is 0 Å². The van der Waals surface area contributed by atoms with Crippen LogP contribution in [-0.2, 0) is 5.41 Å². The maximum absolute atomic E-state index is 5.35. The minimum Gasteiger partial charge on any atom is -0.355 e. The molecule has 44 heavy (non-hydrogen) atoms. The summed E-state index contributed by atoms with van der Waals surface area (Å²) in [6.07, 6.45) is 2.18. The van der Waals surface area contributed by atoms with Crippen LogP contribution in [0.15, 0.2) is 115 Å². The second kappa shape index (κ2) is 10.1. The molecule has 0 atom stereocenters. The summed E-state index contributed by atoms with van der Waals surface area (Å²) in [7, 11) is 0. The lowest BCUT2D eigenvalue weighted by Gasteiger charge is -2.37. The predicted molar refractivity (Wildman–Crippen MR) is 188 cm³/mol. The molecule has 0 fully saturated rings. The molecular formula is C41H37N3. The normalized spacial score (nSPS) is 12.5. The first-order valence-electron chi connectivity index (χ1n) is 16.0. The summed E-state index contributed by atoms with van der Waals surface area (Å²) in [6.45, 7) is 9.42. The summed E-state index contributed by atoms with van der Waals surface area (Å²) in [5.74, 6) is 0.510. The van der Waals surface area contributed by atoms with Crippen molar-refractivity contribution in [1.29, 1.82) is 0 Å². The number of rotatable bonds is 6. The monoisotopic (exact) mass is 571 g/mol. The van der Waals surface area contributed by atoms with Gasteiger partial charge in [0.2, 0.25) is 0 Å². The van der Waals surface area contributed by atoms with Gasteiger partial charge < -0.3 is 4.98 Å². The lowest BCUT2D eigenvalue weighted by Crippen LogP contribution is -2.31. The molecular weight excluding hydrogens is 534 g/mol. The molecule has 3 heterocycles. The highest BCUT2D eigenvalue weighted by molar-refractivity contribution is 6.13. The topological polar surface area (TPSA) is 33.1 Å². The zero-order valence-electron chi connectivity index (χ0n) is 25.9. The molecule has 8 aromatic rings. The predicted octanol–water partition coefficient (Wildman–Crippen LogP) is 11.3. The van der Waals surface area contributed by atoms with Gasteiger partial charge in [-0.2, -0.15) is 5.10 Å². The quantitative estimate of drug-likeness (QED) is 0.198. The molecule has 0 aliphatic rings. The molecule has 1 N–H and O–H groups in total. The Labute approximate surface area is 258 Å². The fraction of sp³-hybridized carbons (Fsp3) is 0.195. The summed E-state index contributed by atoms with van der Waals surface area (Å²) in [6, 6.07) is 42.1. The Morgan fingerprint density at radius 3 is 2.00 bits per heavy atom. The van der Waals surface area contributed by atoms with Gasteiger partial charge in [-0.1, -0.05) is 119 Å². The van der Waals surface area contributed by atoms with Crippen LogP contribution in [0, 0.1) is 5.92 Å². The minimum atomic E-state index is 0.0779. The van der Waals surface area contributed by atoms with Gasteiger partial charge >= 0.3 is 0 Å². The summed E-state index contributed by atoms with van der Waals surface area (Å²) in [5.41, 5.74) is 10.8. The van der Waals surface area contributed by atoms with Gasteiger partial charge in [0.25, 0.3) is 0 Å². The number of H-pyrrole nitrogens is 1. The van der Waals surface area contributed by atoms with Crippen LogP contribution in [-0.4, -0.2) is 14.6 Å². The van der Waals surface area contributed by atoms with E-state index >= 15 is 0 Å². The van der Waals surface area contributed by atoms with Crippen LogP contribution < -0.4 is 0 Å². The van der Waals surface area contributed by atoms with Crippen LogP contribution in [0.2, 0.25) is 0 Å². The van der Waals surface area contributed by atoms with E-state index in [1.807, 2.05) is 0 Å². The van der Waals surface area contributed by atoms with E-state index in [9.17, 15) is 0 Å². The van der Waals surface area contributed by atoms with Gasteiger partial charge in [0.05, 0.1) is 16.7 Å². The highest BCUT2D eigenvalue weighted by Crippen LogP contribution is 2.44. The van der Waals surface area contributed by atoms with E-state index in [0.29, 0.717) is 5.92 Å². The number of para-hydroxylation sites is 2. The molecule has 3 heteroatoms. The Bertz CT molecular complexity index is 2330. The van der Waals surface area contributed by atoms with E-state index < -0.39 is 0 Å². The average Bonchev–Trinajstić information content (AvgIpc) is 3.68. The van der Waals surface area contributed by atoms with Gasteiger partial charge in [0, 0.05) is 38.1 Å². The molecule has 0 radical (unpaired) electrons. The van der Waals surface area contributed by atoms with E-state index in [1.165, 1.54) is 60.2 Å². The highest BCUT2D eigenvalue weighted by atomic mass is 15.2. The van der Waals surface area contributed by atoms with Gasteiger partial charge in [-0.05, 0) is 70.5 Å². The van der Waals surface area contributed by atoms with Crippen molar-refractivity contribution in [2.45, 2.75) is 46.0 Å². The first-order chi connectivity index (χ1) is 21.5. The maximum Gasteiger partial charge on any atom is 0.0934 e. The lowest BCUT2D eigenvalue weighted by molar-refractivity contribution is 0.286. The van der Waals surface area contributed by atoms with Crippen molar-refractivity contribution < 1.29 is 0 Å². The molecule has 0 saturated carbocycles. The van der Waals surface area contributed by atoms with Crippen LogP contribution in [0.3, 0.4) is 0 Å². The number of nitrogens with zero attached hydrogens (tertiary/aromatic N) is 2. The Kier molecular flexibility index (Phi) is 6.13. The SMILES string of the molecule is CCC(CC)(c1cccc2c3ccccc3c3cc(-c4ccc(-c5ccc6[nH]c7ccccc7c6c5)cc4)nn3c12)C(C)C. The molecule has 0 saturated heterocycles. The number of aromatic nitrogens is 3. The smallest absolute Gasteiger partial charge is 0.0934 e. The molecule has 0 bridgehead atoms. The standard InChI is InChI=1S/C41H37N3/c1-5-41(6-2,26(3)4)35-16-11-15-33-30-12-7-8-14-32(30)39-25-38(43-44(39)40(33)35)28-20-18-27(19-21-28)29-22-23-37-34(24-29)31-13-9-10-17-36(31)42-37/h7-26,42H,5-6H2,1-4H3. The van der Waals surface area contributed by atoms with Gasteiger partial charge in [-0.3, -0.25) is 0 Å². The van der Waals surface area contributed by atoms with Gasteiger partial charge in [0.15, 0.2) is 0 Å². The molecule has 0 spiro atoms. The van der Waals surface area contributed by atoms with Crippen LogP contribution in [0.4, 0.5) is 0 Å². The number of nitrogens with one attached hydrogen (secondary N) is 1. The van der Waals surface area contributed by atoms with Crippen molar-refractivity contribution in [1.82, 2.24) is 14.6 Å². The Morgan fingerprint density at radius 1 is 0.614 bits per heavy atom. The number of fused-ring (bicyclic) bond motifs is 9. The molecule has 3 nitrogen and oxygen atoms in total. The molecule has 0 unspecified atom stereocenters. The Balaban J connectivity index is 1.30. The van der Waals surface area contributed by atoms with Crippen LogP contribution >= 0.6 is 0 Å². The zero-order chi connectivity index (χ0) is 30.0. The fourth-order valence-electron chi connectivity index (χ4n) is 7.84.